The molecule has 0 unspecified atom stereocenters. The number of carbonyl (C=O) groups excluding carboxylic acids is 1. The van der Waals surface area contributed by atoms with Crippen LogP contribution in [0.1, 0.15) is 13.8 Å². The van der Waals surface area contributed by atoms with Crippen molar-refractivity contribution in [3.8, 4) is 0 Å². The number of urea groups is 1. The number of carbonyl (C=O) groups is 1. The standard InChI is InChI=1S/C13H17N3O3/c1-8(2)11(6-17)16-13(18)15-9-3-4-10-12(5-9)19-7-14-10/h3-5,7-8,11,17H,6H2,1-2H3,(H2,15,16,18)/t11-/m1/s1. The van der Waals surface area contributed by atoms with Gasteiger partial charge in [-0.05, 0) is 18.1 Å². The minimum Gasteiger partial charge on any atom is -0.443 e. The Morgan fingerprint density at radius 2 is 2.26 bits per heavy atom. The van der Waals surface area contributed by atoms with E-state index < -0.39 is 0 Å². The summed E-state index contributed by atoms with van der Waals surface area (Å²) in [6.45, 7) is 3.77. The highest BCUT2D eigenvalue weighted by Crippen LogP contribution is 2.17. The van der Waals surface area contributed by atoms with Crippen molar-refractivity contribution in [2.75, 3.05) is 11.9 Å². The molecule has 19 heavy (non-hydrogen) atoms. The van der Waals surface area contributed by atoms with Crippen molar-refractivity contribution in [3.63, 3.8) is 0 Å². The van der Waals surface area contributed by atoms with Crippen molar-refractivity contribution < 1.29 is 14.3 Å². The number of nitrogens with zero attached hydrogens (tertiary/aromatic N) is 1. The number of fused-ring (bicyclic) bond motifs is 1. The number of aromatic nitrogens is 1. The monoisotopic (exact) mass is 263 g/mol. The number of hydrogen-bond donors (Lipinski definition) is 3. The number of aliphatic hydroxyl groups is 1. The minimum absolute atomic E-state index is 0.0910. The van der Waals surface area contributed by atoms with E-state index in [1.807, 2.05) is 13.8 Å². The highest BCUT2D eigenvalue weighted by Gasteiger charge is 2.15. The first-order valence-corrected chi connectivity index (χ1v) is 6.11. The Labute approximate surface area is 110 Å². The van der Waals surface area contributed by atoms with Gasteiger partial charge in [-0.3, -0.25) is 0 Å². The molecule has 0 spiro atoms. The summed E-state index contributed by atoms with van der Waals surface area (Å²) in [4.78, 5) is 15.8. The Balaban J connectivity index is 2.01. The van der Waals surface area contributed by atoms with E-state index in [-0.39, 0.29) is 24.6 Å². The number of oxazole rings is 1. The van der Waals surface area contributed by atoms with Crippen LogP contribution in [0.25, 0.3) is 11.1 Å². The molecule has 0 aliphatic rings. The van der Waals surface area contributed by atoms with Crippen molar-refractivity contribution in [1.82, 2.24) is 10.3 Å². The topological polar surface area (TPSA) is 87.4 Å². The van der Waals surface area contributed by atoms with Crippen molar-refractivity contribution in [3.05, 3.63) is 24.6 Å². The maximum atomic E-state index is 11.8. The van der Waals surface area contributed by atoms with Crippen LogP contribution in [0.2, 0.25) is 0 Å². The fourth-order valence-corrected chi connectivity index (χ4v) is 1.69. The Morgan fingerprint density at radius 3 is 2.95 bits per heavy atom. The lowest BCUT2D eigenvalue weighted by Gasteiger charge is -2.20. The van der Waals surface area contributed by atoms with Crippen molar-refractivity contribution in [2.45, 2.75) is 19.9 Å². The third kappa shape index (κ3) is 3.23. The molecule has 6 nitrogen and oxygen atoms in total. The van der Waals surface area contributed by atoms with Gasteiger partial charge in [0.2, 0.25) is 0 Å². The summed E-state index contributed by atoms with van der Waals surface area (Å²) >= 11 is 0. The van der Waals surface area contributed by atoms with Gasteiger partial charge in [0.1, 0.15) is 5.52 Å². The van der Waals surface area contributed by atoms with E-state index in [9.17, 15) is 4.79 Å². The second-order valence-electron chi connectivity index (χ2n) is 4.67. The summed E-state index contributed by atoms with van der Waals surface area (Å²) in [5.74, 6) is 0.160. The predicted octanol–water partition coefficient (Wildman–Crippen LogP) is 1.97. The van der Waals surface area contributed by atoms with Gasteiger partial charge in [-0.2, -0.15) is 0 Å². The molecule has 0 aliphatic heterocycles. The molecule has 1 heterocycles. The van der Waals surface area contributed by atoms with E-state index in [1.54, 1.807) is 18.2 Å². The number of anilines is 1. The van der Waals surface area contributed by atoms with Crippen molar-refractivity contribution in [2.24, 2.45) is 5.92 Å². The zero-order valence-corrected chi connectivity index (χ0v) is 10.9. The quantitative estimate of drug-likeness (QED) is 0.787. The van der Waals surface area contributed by atoms with Crippen LogP contribution in [0.3, 0.4) is 0 Å². The maximum absolute atomic E-state index is 11.8. The summed E-state index contributed by atoms with van der Waals surface area (Å²) < 4.78 is 5.16. The molecule has 6 heteroatoms. The molecule has 0 bridgehead atoms. The van der Waals surface area contributed by atoms with Crippen molar-refractivity contribution >= 4 is 22.8 Å². The summed E-state index contributed by atoms with van der Waals surface area (Å²) in [5, 5.41) is 14.6. The van der Waals surface area contributed by atoms with Crippen LogP contribution >= 0.6 is 0 Å². The molecule has 0 aliphatic carbocycles. The molecule has 0 fully saturated rings. The normalized spacial score (nSPS) is 12.6. The third-order valence-electron chi connectivity index (χ3n) is 2.91. The molecular weight excluding hydrogens is 246 g/mol. The van der Waals surface area contributed by atoms with Crippen LogP contribution in [0.4, 0.5) is 10.5 Å². The van der Waals surface area contributed by atoms with Gasteiger partial charge in [0, 0.05) is 11.8 Å². The molecule has 1 atom stereocenters. The average molecular weight is 263 g/mol. The maximum Gasteiger partial charge on any atom is 0.319 e. The van der Waals surface area contributed by atoms with Gasteiger partial charge in [0.05, 0.1) is 12.6 Å². The van der Waals surface area contributed by atoms with Gasteiger partial charge >= 0.3 is 6.03 Å². The predicted molar refractivity (Wildman–Crippen MR) is 71.9 cm³/mol. The minimum atomic E-state index is -0.355. The Kier molecular flexibility index (Phi) is 4.01. The molecule has 3 N–H and O–H groups in total. The van der Waals surface area contributed by atoms with Crippen LogP contribution < -0.4 is 10.6 Å². The molecule has 0 saturated heterocycles. The fourth-order valence-electron chi connectivity index (χ4n) is 1.69. The van der Waals surface area contributed by atoms with E-state index in [1.165, 1.54) is 6.39 Å². The first-order chi connectivity index (χ1) is 9.10. The van der Waals surface area contributed by atoms with Gasteiger partial charge in [0.15, 0.2) is 12.0 Å². The number of hydrogen-bond acceptors (Lipinski definition) is 4. The lowest BCUT2D eigenvalue weighted by Crippen LogP contribution is -2.43. The fraction of sp³-hybridized carbons (Fsp3) is 0.385. The smallest absolute Gasteiger partial charge is 0.319 e. The van der Waals surface area contributed by atoms with E-state index in [2.05, 4.69) is 15.6 Å². The molecule has 0 saturated carbocycles. The van der Waals surface area contributed by atoms with Crippen LogP contribution in [-0.4, -0.2) is 28.8 Å². The molecule has 1 aromatic carbocycles. The zero-order valence-electron chi connectivity index (χ0n) is 10.9. The second kappa shape index (κ2) is 5.71. The molecule has 102 valence electrons. The van der Waals surface area contributed by atoms with Gasteiger partial charge < -0.3 is 20.2 Å². The van der Waals surface area contributed by atoms with Crippen LogP contribution in [0.15, 0.2) is 29.0 Å². The molecule has 1 aromatic heterocycles. The van der Waals surface area contributed by atoms with Crippen LogP contribution in [0.5, 0.6) is 0 Å². The summed E-state index contributed by atoms with van der Waals surface area (Å²) in [7, 11) is 0. The van der Waals surface area contributed by atoms with E-state index >= 15 is 0 Å². The van der Waals surface area contributed by atoms with Crippen LogP contribution in [0, 0.1) is 5.92 Å². The number of aliphatic hydroxyl groups excluding tert-OH is 1. The largest absolute Gasteiger partial charge is 0.443 e. The van der Waals surface area contributed by atoms with Crippen molar-refractivity contribution in [1.29, 1.82) is 0 Å². The van der Waals surface area contributed by atoms with E-state index in [4.69, 9.17) is 9.52 Å². The van der Waals surface area contributed by atoms with Gasteiger partial charge in [0.25, 0.3) is 0 Å². The number of benzene rings is 1. The summed E-state index contributed by atoms with van der Waals surface area (Å²) in [6, 6.07) is 4.58. The third-order valence-corrected chi connectivity index (χ3v) is 2.91. The number of amides is 2. The van der Waals surface area contributed by atoms with Gasteiger partial charge in [-0.25, -0.2) is 9.78 Å². The first kappa shape index (κ1) is 13.4. The molecule has 2 amide bonds. The van der Waals surface area contributed by atoms with Crippen LogP contribution in [-0.2, 0) is 0 Å². The SMILES string of the molecule is CC(C)[C@@H](CO)NC(=O)Nc1ccc2ncoc2c1. The number of rotatable bonds is 4. The van der Waals surface area contributed by atoms with Gasteiger partial charge in [-0.15, -0.1) is 0 Å². The number of nitrogens with one attached hydrogen (secondary N) is 2. The Hall–Kier alpha value is -2.08. The lowest BCUT2D eigenvalue weighted by molar-refractivity contribution is 0.204. The molecule has 2 aromatic rings. The molecule has 2 rings (SSSR count). The van der Waals surface area contributed by atoms with E-state index in [0.29, 0.717) is 11.3 Å². The summed E-state index contributed by atoms with van der Waals surface area (Å²) in [5.41, 5.74) is 1.96. The summed E-state index contributed by atoms with van der Waals surface area (Å²) in [6.07, 6.45) is 1.36. The van der Waals surface area contributed by atoms with E-state index in [0.717, 1.165) is 5.52 Å². The second-order valence-corrected chi connectivity index (χ2v) is 4.67. The highest BCUT2D eigenvalue weighted by atomic mass is 16.3. The lowest BCUT2D eigenvalue weighted by atomic mass is 10.1. The average Bonchev–Trinajstić information content (AvgIpc) is 2.82. The first-order valence-electron chi connectivity index (χ1n) is 6.11. The zero-order chi connectivity index (χ0) is 13.8. The van der Waals surface area contributed by atoms with Gasteiger partial charge in [-0.1, -0.05) is 13.8 Å². The highest BCUT2D eigenvalue weighted by molar-refractivity contribution is 5.91. The molecule has 0 radical (unpaired) electrons. The molecular formula is C13H17N3O3. The Bertz CT molecular complexity index is 565. The Morgan fingerprint density at radius 1 is 1.47 bits per heavy atom.